The Morgan fingerprint density at radius 2 is 1.50 bits per heavy atom. The number of allylic oxidation sites excluding steroid dienone is 3. The molecular weight excluding hydrogens is 450 g/mol. The summed E-state index contributed by atoms with van der Waals surface area (Å²) in [5, 5.41) is 3.35. The summed E-state index contributed by atoms with van der Waals surface area (Å²) in [7, 11) is 0. The summed E-state index contributed by atoms with van der Waals surface area (Å²) >= 11 is 0. The number of carbonyl (C=O) groups is 2. The maximum Gasteiger partial charge on any atom is 0.337 e. The zero-order valence-electron chi connectivity index (χ0n) is 20.3. The maximum absolute atomic E-state index is 13.5. The lowest BCUT2D eigenvalue weighted by atomic mass is 9.75. The van der Waals surface area contributed by atoms with Crippen molar-refractivity contribution in [3.05, 3.63) is 124 Å². The smallest absolute Gasteiger partial charge is 0.337 e. The highest BCUT2D eigenvalue weighted by Crippen LogP contribution is 2.45. The van der Waals surface area contributed by atoms with Gasteiger partial charge >= 0.3 is 5.97 Å². The first-order chi connectivity index (χ1) is 17.6. The molecule has 1 aliphatic heterocycles. The van der Waals surface area contributed by atoms with E-state index in [2.05, 4.69) is 5.32 Å². The zero-order valence-corrected chi connectivity index (χ0v) is 20.3. The molecule has 5 nitrogen and oxygen atoms in total. The minimum atomic E-state index is -0.552. The number of rotatable bonds is 7. The molecule has 0 bridgehead atoms. The van der Waals surface area contributed by atoms with Crippen molar-refractivity contribution in [1.82, 2.24) is 5.32 Å². The Morgan fingerprint density at radius 1 is 0.861 bits per heavy atom. The number of nitrogens with one attached hydrogen (secondary N) is 1. The largest absolute Gasteiger partial charge is 0.489 e. The van der Waals surface area contributed by atoms with Crippen LogP contribution in [0.1, 0.15) is 48.8 Å². The van der Waals surface area contributed by atoms with Crippen molar-refractivity contribution in [3.8, 4) is 5.75 Å². The number of hydrogen-bond acceptors (Lipinski definition) is 5. The van der Waals surface area contributed by atoms with Gasteiger partial charge in [0.05, 0.1) is 11.5 Å². The zero-order chi connectivity index (χ0) is 24.9. The number of ketones is 1. The Kier molecular flexibility index (Phi) is 6.99. The Morgan fingerprint density at radius 3 is 2.22 bits per heavy atom. The monoisotopic (exact) mass is 479 g/mol. The number of benzene rings is 3. The van der Waals surface area contributed by atoms with Gasteiger partial charge in [0.2, 0.25) is 0 Å². The van der Waals surface area contributed by atoms with Gasteiger partial charge in [0.1, 0.15) is 19.0 Å². The minimum absolute atomic E-state index is 0.0625. The van der Waals surface area contributed by atoms with E-state index in [0.717, 1.165) is 35.2 Å². The van der Waals surface area contributed by atoms with Crippen LogP contribution >= 0.6 is 0 Å². The average Bonchev–Trinajstić information content (AvgIpc) is 2.91. The number of Topliss-reactive ketones (excluding diaryl/α,β-unsaturated/α-hetero) is 1. The van der Waals surface area contributed by atoms with Crippen LogP contribution in [0.4, 0.5) is 0 Å². The van der Waals surface area contributed by atoms with Gasteiger partial charge in [-0.3, -0.25) is 4.79 Å². The number of ether oxygens (including phenoxy) is 2. The van der Waals surface area contributed by atoms with E-state index in [-0.39, 0.29) is 12.4 Å². The van der Waals surface area contributed by atoms with Crippen LogP contribution in [0.3, 0.4) is 0 Å². The van der Waals surface area contributed by atoms with Gasteiger partial charge in [0, 0.05) is 29.0 Å². The summed E-state index contributed by atoms with van der Waals surface area (Å²) in [6.45, 7) is 2.43. The van der Waals surface area contributed by atoms with Crippen molar-refractivity contribution in [1.29, 1.82) is 0 Å². The Hall–Kier alpha value is -4.12. The molecule has 3 aromatic carbocycles. The first-order valence-corrected chi connectivity index (χ1v) is 12.3. The standard InChI is InChI=1S/C31H29NO4/c1-21-28(31(34)36-20-23-13-6-3-7-14-23)29(30-25(32-21)16-10-17-26(30)33)24-15-8-9-18-27(24)35-19-22-11-4-2-5-12-22/h2-9,11-15,18,29,32H,10,16-17,19-20H2,1H3/t29-/m0/s1. The lowest BCUT2D eigenvalue weighted by Gasteiger charge is -2.34. The average molecular weight is 480 g/mol. The molecule has 0 radical (unpaired) electrons. The van der Waals surface area contributed by atoms with E-state index in [9.17, 15) is 9.59 Å². The number of esters is 1. The molecule has 1 atom stereocenters. The number of hydrogen-bond donors (Lipinski definition) is 1. The number of dihydropyridines is 1. The summed E-state index contributed by atoms with van der Waals surface area (Å²) in [4.78, 5) is 26.8. The second kappa shape index (κ2) is 10.6. The van der Waals surface area contributed by atoms with Crippen molar-refractivity contribution < 1.29 is 19.1 Å². The van der Waals surface area contributed by atoms with Crippen LogP contribution in [0.5, 0.6) is 5.75 Å². The van der Waals surface area contributed by atoms with Crippen LogP contribution < -0.4 is 10.1 Å². The fraction of sp³-hybridized carbons (Fsp3) is 0.226. The third-order valence-corrected chi connectivity index (χ3v) is 6.68. The fourth-order valence-corrected chi connectivity index (χ4v) is 4.95. The van der Waals surface area contributed by atoms with Crippen molar-refractivity contribution >= 4 is 11.8 Å². The number of carbonyl (C=O) groups excluding carboxylic acids is 2. The van der Waals surface area contributed by atoms with Crippen LogP contribution in [0.15, 0.2) is 107 Å². The first kappa shape index (κ1) is 23.6. The minimum Gasteiger partial charge on any atom is -0.489 e. The van der Waals surface area contributed by atoms with Gasteiger partial charge in [-0.2, -0.15) is 0 Å². The second-order valence-electron chi connectivity index (χ2n) is 9.14. The molecule has 1 aliphatic carbocycles. The van der Waals surface area contributed by atoms with Crippen LogP contribution in [-0.4, -0.2) is 11.8 Å². The topological polar surface area (TPSA) is 64.6 Å². The van der Waals surface area contributed by atoms with Crippen LogP contribution in [-0.2, 0) is 27.5 Å². The van der Waals surface area contributed by atoms with Gasteiger partial charge in [0.25, 0.3) is 0 Å². The van der Waals surface area contributed by atoms with Gasteiger partial charge in [-0.25, -0.2) is 4.79 Å². The SMILES string of the molecule is CC1=C(C(=O)OCc2ccccc2)[C@H](c2ccccc2OCc2ccccc2)C2=C(CCCC2=O)N1. The highest BCUT2D eigenvalue weighted by molar-refractivity contribution is 6.04. The molecule has 3 aromatic rings. The summed E-state index contributed by atoms with van der Waals surface area (Å²) in [5.74, 6) is -0.270. The van der Waals surface area contributed by atoms with Gasteiger partial charge in [0.15, 0.2) is 5.78 Å². The molecule has 1 N–H and O–H groups in total. The number of para-hydroxylation sites is 1. The summed E-state index contributed by atoms with van der Waals surface area (Å²) < 4.78 is 12.0. The molecule has 182 valence electrons. The van der Waals surface area contributed by atoms with Gasteiger partial charge < -0.3 is 14.8 Å². The maximum atomic E-state index is 13.5. The third-order valence-electron chi connectivity index (χ3n) is 6.68. The van der Waals surface area contributed by atoms with Gasteiger partial charge in [-0.05, 0) is 37.0 Å². The van der Waals surface area contributed by atoms with Crippen molar-refractivity contribution in [2.45, 2.75) is 45.3 Å². The normalized spacial score (nSPS) is 17.4. The van der Waals surface area contributed by atoms with Crippen LogP contribution in [0.2, 0.25) is 0 Å². The van der Waals surface area contributed by atoms with E-state index >= 15 is 0 Å². The molecular formula is C31H29NO4. The van der Waals surface area contributed by atoms with E-state index in [1.807, 2.05) is 91.9 Å². The predicted molar refractivity (Wildman–Crippen MR) is 138 cm³/mol. The lowest BCUT2D eigenvalue weighted by molar-refractivity contribution is -0.140. The highest BCUT2D eigenvalue weighted by atomic mass is 16.5. The first-order valence-electron chi connectivity index (χ1n) is 12.3. The molecule has 1 heterocycles. The van der Waals surface area contributed by atoms with E-state index in [4.69, 9.17) is 9.47 Å². The summed E-state index contributed by atoms with van der Waals surface area (Å²) in [5.41, 5.74) is 5.45. The molecule has 0 fully saturated rings. The third kappa shape index (κ3) is 4.96. The van der Waals surface area contributed by atoms with Gasteiger partial charge in [-0.15, -0.1) is 0 Å². The molecule has 5 heteroatoms. The molecule has 5 rings (SSSR count). The molecule has 36 heavy (non-hydrogen) atoms. The van der Waals surface area contributed by atoms with E-state index in [1.54, 1.807) is 0 Å². The Bertz CT molecular complexity index is 1320. The Balaban J connectivity index is 1.51. The summed E-state index contributed by atoms with van der Waals surface area (Å²) in [6.07, 6.45) is 2.04. The van der Waals surface area contributed by atoms with Crippen molar-refractivity contribution in [2.24, 2.45) is 0 Å². The molecule has 0 amide bonds. The quantitative estimate of drug-likeness (QED) is 0.423. The molecule has 0 saturated heterocycles. The van der Waals surface area contributed by atoms with E-state index in [1.165, 1.54) is 0 Å². The molecule has 0 unspecified atom stereocenters. The van der Waals surface area contributed by atoms with Crippen molar-refractivity contribution in [3.63, 3.8) is 0 Å². The van der Waals surface area contributed by atoms with Crippen LogP contribution in [0.25, 0.3) is 0 Å². The fourth-order valence-electron chi connectivity index (χ4n) is 4.95. The van der Waals surface area contributed by atoms with Crippen LogP contribution in [0, 0.1) is 0 Å². The Labute approximate surface area is 211 Å². The predicted octanol–water partition coefficient (Wildman–Crippen LogP) is 5.98. The summed E-state index contributed by atoms with van der Waals surface area (Å²) in [6, 6.07) is 27.2. The van der Waals surface area contributed by atoms with E-state index < -0.39 is 11.9 Å². The van der Waals surface area contributed by atoms with Crippen molar-refractivity contribution in [2.75, 3.05) is 0 Å². The molecule has 2 aliphatic rings. The molecule has 0 saturated carbocycles. The van der Waals surface area contributed by atoms with Gasteiger partial charge in [-0.1, -0.05) is 78.9 Å². The second-order valence-corrected chi connectivity index (χ2v) is 9.14. The highest BCUT2D eigenvalue weighted by Gasteiger charge is 2.40. The van der Waals surface area contributed by atoms with E-state index in [0.29, 0.717) is 35.6 Å². The lowest BCUT2D eigenvalue weighted by Crippen LogP contribution is -2.34. The molecule has 0 aromatic heterocycles. The molecule has 0 spiro atoms.